The summed E-state index contributed by atoms with van der Waals surface area (Å²) < 4.78 is 0. The number of carbonyl (C=O) groups excluding carboxylic acids is 1. The van der Waals surface area contributed by atoms with Crippen molar-refractivity contribution >= 4 is 34.2 Å². The Morgan fingerprint density at radius 2 is 1.71 bits per heavy atom. The molecule has 1 aromatic heterocycles. The summed E-state index contributed by atoms with van der Waals surface area (Å²) in [7, 11) is 0. The third-order valence-electron chi connectivity index (χ3n) is 5.33. The van der Waals surface area contributed by atoms with Crippen LogP contribution in [-0.2, 0) is 6.42 Å². The van der Waals surface area contributed by atoms with Gasteiger partial charge in [0.05, 0.1) is 16.3 Å². The average Bonchev–Trinajstić information content (AvgIpc) is 3.15. The van der Waals surface area contributed by atoms with E-state index in [1.54, 1.807) is 16.9 Å². The highest BCUT2D eigenvalue weighted by Crippen LogP contribution is 2.24. The first-order chi connectivity index (χ1) is 14.9. The van der Waals surface area contributed by atoms with E-state index in [1.165, 1.54) is 18.4 Å². The number of halogens is 1. The molecular weight excluding hydrogens is 408 g/mol. The van der Waals surface area contributed by atoms with Crippen molar-refractivity contribution in [3.05, 3.63) is 81.9 Å². The Balaban J connectivity index is 1.59. The van der Waals surface area contributed by atoms with Gasteiger partial charge in [0.25, 0.3) is 5.91 Å². The Labute approximate surface area is 187 Å². The Morgan fingerprint density at radius 3 is 2.39 bits per heavy atom. The molecule has 0 bridgehead atoms. The zero-order chi connectivity index (χ0) is 22.0. The first kappa shape index (κ1) is 21.1. The van der Waals surface area contributed by atoms with Gasteiger partial charge in [-0.05, 0) is 79.8 Å². The topological polar surface area (TPSA) is 59.8 Å². The van der Waals surface area contributed by atoms with Crippen molar-refractivity contribution in [2.75, 3.05) is 5.32 Å². The molecule has 1 heterocycles. The van der Waals surface area contributed by atoms with Gasteiger partial charge in [-0.25, -0.2) is 0 Å². The van der Waals surface area contributed by atoms with Gasteiger partial charge in [0.15, 0.2) is 0 Å². The zero-order valence-electron chi connectivity index (χ0n) is 17.9. The Morgan fingerprint density at radius 1 is 1.00 bits per heavy atom. The van der Waals surface area contributed by atoms with Crippen LogP contribution in [0.5, 0.6) is 0 Å². The third-order valence-corrected chi connectivity index (χ3v) is 5.64. The molecule has 0 saturated heterocycles. The summed E-state index contributed by atoms with van der Waals surface area (Å²) in [4.78, 5) is 14.4. The van der Waals surface area contributed by atoms with Gasteiger partial charge < -0.3 is 5.32 Å². The number of amides is 1. The average molecular weight is 433 g/mol. The molecule has 5 nitrogen and oxygen atoms in total. The molecule has 0 radical (unpaired) electrons. The molecule has 0 aliphatic rings. The van der Waals surface area contributed by atoms with Crippen molar-refractivity contribution in [2.45, 2.75) is 40.0 Å². The molecule has 0 aliphatic heterocycles. The highest BCUT2D eigenvalue weighted by molar-refractivity contribution is 6.34. The molecule has 0 aliphatic carbocycles. The van der Waals surface area contributed by atoms with Crippen molar-refractivity contribution in [1.82, 2.24) is 15.0 Å². The summed E-state index contributed by atoms with van der Waals surface area (Å²) >= 11 is 6.25. The Kier molecular flexibility index (Phi) is 6.05. The summed E-state index contributed by atoms with van der Waals surface area (Å²) in [5.74, 6) is -0.248. The fraction of sp³-hybridized carbons (Fsp3) is 0.240. The second-order valence-corrected chi connectivity index (χ2v) is 8.26. The van der Waals surface area contributed by atoms with Gasteiger partial charge in [-0.15, -0.1) is 10.2 Å². The molecule has 0 spiro atoms. The number of aromatic nitrogens is 3. The monoisotopic (exact) mass is 432 g/mol. The lowest BCUT2D eigenvalue weighted by Crippen LogP contribution is -2.13. The Hall–Kier alpha value is -3.18. The predicted molar refractivity (Wildman–Crippen MR) is 126 cm³/mol. The van der Waals surface area contributed by atoms with E-state index in [4.69, 9.17) is 11.6 Å². The lowest BCUT2D eigenvalue weighted by atomic mass is 10.1. The van der Waals surface area contributed by atoms with Crippen LogP contribution in [-0.4, -0.2) is 20.9 Å². The van der Waals surface area contributed by atoms with Crippen LogP contribution in [0.3, 0.4) is 0 Å². The fourth-order valence-electron chi connectivity index (χ4n) is 3.49. The van der Waals surface area contributed by atoms with Crippen LogP contribution in [0.2, 0.25) is 5.02 Å². The van der Waals surface area contributed by atoms with Gasteiger partial charge in [0.1, 0.15) is 11.0 Å². The first-order valence-corrected chi connectivity index (χ1v) is 10.9. The summed E-state index contributed by atoms with van der Waals surface area (Å²) in [6.45, 7) is 6.07. The molecule has 4 rings (SSSR count). The standard InChI is InChI=1S/C25H25ClN4O/c1-4-5-6-18-8-10-19(11-9-18)30-28-23-14-17(3)22(15-24(23)29-30)27-25(31)20-12-7-16(2)13-21(20)26/h7-15H,4-6H2,1-3H3,(H,27,31). The highest BCUT2D eigenvalue weighted by atomic mass is 35.5. The summed E-state index contributed by atoms with van der Waals surface area (Å²) in [5.41, 5.74) is 6.77. The van der Waals surface area contributed by atoms with E-state index >= 15 is 0 Å². The normalized spacial score (nSPS) is 11.1. The van der Waals surface area contributed by atoms with E-state index in [0.29, 0.717) is 21.8 Å². The van der Waals surface area contributed by atoms with Gasteiger partial charge >= 0.3 is 0 Å². The van der Waals surface area contributed by atoms with Gasteiger partial charge in [0, 0.05) is 5.69 Å². The molecule has 4 aromatic rings. The largest absolute Gasteiger partial charge is 0.322 e. The minimum atomic E-state index is -0.248. The number of nitrogens with one attached hydrogen (secondary N) is 1. The number of anilines is 1. The zero-order valence-corrected chi connectivity index (χ0v) is 18.7. The highest BCUT2D eigenvalue weighted by Gasteiger charge is 2.14. The van der Waals surface area contributed by atoms with E-state index in [-0.39, 0.29) is 5.91 Å². The van der Waals surface area contributed by atoms with Crippen molar-refractivity contribution in [1.29, 1.82) is 0 Å². The number of aryl methyl sites for hydroxylation is 3. The maximum absolute atomic E-state index is 12.7. The van der Waals surface area contributed by atoms with Crippen LogP contribution in [0.15, 0.2) is 54.6 Å². The molecule has 158 valence electrons. The third kappa shape index (κ3) is 4.62. The van der Waals surface area contributed by atoms with Crippen molar-refractivity contribution < 1.29 is 4.79 Å². The van der Waals surface area contributed by atoms with Crippen LogP contribution in [0.25, 0.3) is 16.7 Å². The molecule has 6 heteroatoms. The molecule has 1 N–H and O–H groups in total. The molecular formula is C25H25ClN4O. The maximum Gasteiger partial charge on any atom is 0.257 e. The number of carbonyl (C=O) groups is 1. The molecule has 31 heavy (non-hydrogen) atoms. The van der Waals surface area contributed by atoms with Gasteiger partial charge in [-0.2, -0.15) is 4.80 Å². The fourth-order valence-corrected chi connectivity index (χ4v) is 3.81. The van der Waals surface area contributed by atoms with Crippen molar-refractivity contribution in [3.8, 4) is 5.69 Å². The lowest BCUT2D eigenvalue weighted by Gasteiger charge is -2.09. The first-order valence-electron chi connectivity index (χ1n) is 10.5. The van der Waals surface area contributed by atoms with Gasteiger partial charge in [0.2, 0.25) is 0 Å². The van der Waals surface area contributed by atoms with E-state index in [2.05, 4.69) is 34.6 Å². The lowest BCUT2D eigenvalue weighted by molar-refractivity contribution is 0.102. The van der Waals surface area contributed by atoms with Crippen LogP contribution in [0.1, 0.15) is 46.8 Å². The number of fused-ring (bicyclic) bond motifs is 1. The maximum atomic E-state index is 12.7. The molecule has 0 saturated carbocycles. The van der Waals surface area contributed by atoms with E-state index < -0.39 is 0 Å². The van der Waals surface area contributed by atoms with Crippen molar-refractivity contribution in [3.63, 3.8) is 0 Å². The van der Waals surface area contributed by atoms with Crippen LogP contribution in [0.4, 0.5) is 5.69 Å². The number of hydrogen-bond donors (Lipinski definition) is 1. The quantitative estimate of drug-likeness (QED) is 0.389. The summed E-state index contributed by atoms with van der Waals surface area (Å²) in [6, 6.07) is 17.5. The number of unbranched alkanes of at least 4 members (excludes halogenated alkanes) is 1. The number of nitrogens with zero attached hydrogens (tertiary/aromatic N) is 3. The van der Waals surface area contributed by atoms with Crippen molar-refractivity contribution in [2.24, 2.45) is 0 Å². The van der Waals surface area contributed by atoms with E-state index in [9.17, 15) is 4.79 Å². The molecule has 0 unspecified atom stereocenters. The molecule has 3 aromatic carbocycles. The molecule has 0 atom stereocenters. The smallest absolute Gasteiger partial charge is 0.257 e. The number of hydrogen-bond acceptors (Lipinski definition) is 3. The summed E-state index contributed by atoms with van der Waals surface area (Å²) in [5, 5.41) is 12.6. The molecule has 1 amide bonds. The SMILES string of the molecule is CCCCc1ccc(-n2nc3cc(C)c(NC(=O)c4ccc(C)cc4Cl)cc3n2)cc1. The summed E-state index contributed by atoms with van der Waals surface area (Å²) in [6.07, 6.45) is 3.45. The number of benzene rings is 3. The second-order valence-electron chi connectivity index (χ2n) is 7.85. The van der Waals surface area contributed by atoms with Crippen LogP contribution >= 0.6 is 11.6 Å². The van der Waals surface area contributed by atoms with Crippen LogP contribution in [0, 0.1) is 13.8 Å². The van der Waals surface area contributed by atoms with E-state index in [0.717, 1.165) is 28.8 Å². The van der Waals surface area contributed by atoms with Gasteiger partial charge in [-0.1, -0.05) is 43.1 Å². The van der Waals surface area contributed by atoms with Gasteiger partial charge in [-0.3, -0.25) is 4.79 Å². The second kappa shape index (κ2) is 8.90. The van der Waals surface area contributed by atoms with E-state index in [1.807, 2.05) is 44.2 Å². The number of rotatable bonds is 6. The predicted octanol–water partition coefficient (Wildman–Crippen LogP) is 6.29. The van der Waals surface area contributed by atoms with Crippen LogP contribution < -0.4 is 5.32 Å². The Bertz CT molecular complexity index is 1240. The molecule has 0 fully saturated rings. The minimum absolute atomic E-state index is 0.248. The minimum Gasteiger partial charge on any atom is -0.322 e.